The molecule has 0 aromatic heterocycles. The lowest BCUT2D eigenvalue weighted by Gasteiger charge is -2.15. The number of carbonyl (C=O) groups is 3. The Hall–Kier alpha value is -1.85. The second-order valence-electron chi connectivity index (χ2n) is 15.7. The van der Waals surface area contributed by atoms with E-state index in [1.807, 2.05) is 0 Å². The Balaban J connectivity index is 3.94. The largest absolute Gasteiger partial charge is 0.480 e. The highest BCUT2D eigenvalue weighted by Gasteiger charge is 2.12. The number of carbonyl (C=O) groups excluding carboxylic acids is 2. The van der Waals surface area contributed by atoms with Crippen molar-refractivity contribution in [2.24, 2.45) is 0 Å². The molecule has 0 fully saturated rings. The van der Waals surface area contributed by atoms with Crippen molar-refractivity contribution in [3.05, 3.63) is 12.2 Å². The molecule has 0 aromatic carbocycles. The summed E-state index contributed by atoms with van der Waals surface area (Å²) in [7, 11) is 0. The van der Waals surface area contributed by atoms with Crippen LogP contribution in [0.1, 0.15) is 251 Å². The zero-order valence-electron chi connectivity index (χ0n) is 34.7. The SMILES string of the molecule is CCCCCCCC/C=C\C(CCCCCCCCC(=O)NCC(=O)O)OC(=O)CCCCCCCCCCCCCCCCCCCCCCC. The standard InChI is InChI=1S/C46H87NO5/c1-3-5-7-9-11-13-14-15-16-17-18-19-20-21-22-23-24-25-27-33-37-41-46(51)52-43(38-34-30-26-12-10-8-6-4-2)39-35-31-28-29-32-36-40-44(48)47-42-45(49)50/h34,38,43H,3-33,35-37,39-42H2,1-2H3,(H,47,48)(H,49,50)/b38-34-. The molecule has 1 amide bonds. The molecule has 0 saturated heterocycles. The molecule has 0 aromatic rings. The van der Waals surface area contributed by atoms with Gasteiger partial charge in [0.05, 0.1) is 0 Å². The van der Waals surface area contributed by atoms with Gasteiger partial charge in [0.2, 0.25) is 5.91 Å². The van der Waals surface area contributed by atoms with Crippen LogP contribution in [0, 0.1) is 0 Å². The molecule has 0 rings (SSSR count). The number of carboxylic acid groups (broad SMARTS) is 1. The van der Waals surface area contributed by atoms with E-state index in [1.54, 1.807) is 0 Å². The van der Waals surface area contributed by atoms with Crippen molar-refractivity contribution in [2.45, 2.75) is 258 Å². The molecule has 0 heterocycles. The maximum atomic E-state index is 12.7. The van der Waals surface area contributed by atoms with Gasteiger partial charge in [0, 0.05) is 12.8 Å². The molecule has 0 bridgehead atoms. The molecule has 52 heavy (non-hydrogen) atoms. The molecule has 6 nitrogen and oxygen atoms in total. The van der Waals surface area contributed by atoms with Gasteiger partial charge in [-0.1, -0.05) is 206 Å². The Morgan fingerprint density at radius 2 is 0.865 bits per heavy atom. The van der Waals surface area contributed by atoms with E-state index in [0.29, 0.717) is 12.8 Å². The Morgan fingerprint density at radius 1 is 0.500 bits per heavy atom. The number of allylic oxidation sites excluding steroid dienone is 1. The van der Waals surface area contributed by atoms with Crippen LogP contribution in [-0.4, -0.2) is 35.6 Å². The average molecular weight is 734 g/mol. The molecular formula is C46H87NO5. The van der Waals surface area contributed by atoms with Gasteiger partial charge in [0.25, 0.3) is 0 Å². The minimum Gasteiger partial charge on any atom is -0.480 e. The first-order chi connectivity index (χ1) is 25.5. The highest BCUT2D eigenvalue weighted by molar-refractivity contribution is 5.80. The maximum Gasteiger partial charge on any atom is 0.322 e. The predicted octanol–water partition coefficient (Wildman–Crippen LogP) is 14.1. The van der Waals surface area contributed by atoms with Crippen molar-refractivity contribution in [2.75, 3.05) is 6.54 Å². The van der Waals surface area contributed by atoms with Gasteiger partial charge in [-0.05, 0) is 44.6 Å². The number of carboxylic acids is 1. The Kier molecular flexibility index (Phi) is 40.4. The van der Waals surface area contributed by atoms with Crippen LogP contribution >= 0.6 is 0 Å². The van der Waals surface area contributed by atoms with Gasteiger partial charge in [-0.25, -0.2) is 0 Å². The molecule has 0 spiro atoms. The third-order valence-electron chi connectivity index (χ3n) is 10.4. The number of ether oxygens (including phenoxy) is 1. The van der Waals surface area contributed by atoms with Gasteiger partial charge in [-0.15, -0.1) is 0 Å². The minimum atomic E-state index is -1.01. The van der Waals surface area contributed by atoms with E-state index in [2.05, 4.69) is 31.3 Å². The zero-order chi connectivity index (χ0) is 38.0. The summed E-state index contributed by atoms with van der Waals surface area (Å²) in [5, 5.41) is 11.1. The molecule has 0 radical (unpaired) electrons. The van der Waals surface area contributed by atoms with E-state index in [4.69, 9.17) is 9.84 Å². The van der Waals surface area contributed by atoms with Gasteiger partial charge in [-0.3, -0.25) is 14.4 Å². The highest BCUT2D eigenvalue weighted by atomic mass is 16.5. The molecule has 2 N–H and O–H groups in total. The Labute approximate surface area is 322 Å². The van der Waals surface area contributed by atoms with E-state index in [-0.39, 0.29) is 24.5 Å². The van der Waals surface area contributed by atoms with Crippen molar-refractivity contribution >= 4 is 17.8 Å². The summed E-state index contributed by atoms with van der Waals surface area (Å²) in [5.74, 6) is -1.25. The highest BCUT2D eigenvalue weighted by Crippen LogP contribution is 2.17. The summed E-state index contributed by atoms with van der Waals surface area (Å²) in [6, 6.07) is 0. The Morgan fingerprint density at radius 3 is 1.29 bits per heavy atom. The first kappa shape index (κ1) is 50.1. The van der Waals surface area contributed by atoms with Gasteiger partial charge < -0.3 is 15.2 Å². The first-order valence-corrected chi connectivity index (χ1v) is 22.8. The quantitative estimate of drug-likeness (QED) is 0.0370. The summed E-state index contributed by atoms with van der Waals surface area (Å²) >= 11 is 0. The molecule has 0 aliphatic heterocycles. The molecular weight excluding hydrogens is 647 g/mol. The van der Waals surface area contributed by atoms with Gasteiger partial charge in [-0.2, -0.15) is 0 Å². The Bertz CT molecular complexity index is 813. The van der Waals surface area contributed by atoms with Gasteiger partial charge >= 0.3 is 11.9 Å². The van der Waals surface area contributed by atoms with Crippen LogP contribution in [0.5, 0.6) is 0 Å². The van der Waals surface area contributed by atoms with Gasteiger partial charge in [0.15, 0.2) is 0 Å². The van der Waals surface area contributed by atoms with Crippen molar-refractivity contribution in [1.82, 2.24) is 5.32 Å². The molecule has 0 aliphatic carbocycles. The normalized spacial score (nSPS) is 12.0. The second kappa shape index (κ2) is 41.9. The second-order valence-corrected chi connectivity index (χ2v) is 15.7. The fraction of sp³-hybridized carbons (Fsp3) is 0.891. The van der Waals surface area contributed by atoms with Crippen molar-refractivity contribution < 1.29 is 24.2 Å². The smallest absolute Gasteiger partial charge is 0.322 e. The van der Waals surface area contributed by atoms with Crippen molar-refractivity contribution in [3.63, 3.8) is 0 Å². The van der Waals surface area contributed by atoms with Crippen molar-refractivity contribution in [3.8, 4) is 0 Å². The summed E-state index contributed by atoms with van der Waals surface area (Å²) in [5.41, 5.74) is 0. The average Bonchev–Trinajstić information content (AvgIpc) is 3.13. The summed E-state index contributed by atoms with van der Waals surface area (Å²) in [4.78, 5) is 34.9. The van der Waals surface area contributed by atoms with E-state index >= 15 is 0 Å². The number of nitrogens with one attached hydrogen (secondary N) is 1. The molecule has 6 heteroatoms. The fourth-order valence-electron chi connectivity index (χ4n) is 7.01. The predicted molar refractivity (Wildman–Crippen MR) is 222 cm³/mol. The lowest BCUT2D eigenvalue weighted by molar-refractivity contribution is -0.147. The lowest BCUT2D eigenvalue weighted by atomic mass is 10.0. The number of rotatable bonds is 42. The number of esters is 1. The lowest BCUT2D eigenvalue weighted by Crippen LogP contribution is -2.28. The monoisotopic (exact) mass is 734 g/mol. The molecule has 1 unspecified atom stereocenters. The third kappa shape index (κ3) is 40.9. The van der Waals surface area contributed by atoms with Crippen LogP contribution < -0.4 is 5.32 Å². The molecule has 1 atom stereocenters. The number of aliphatic carboxylic acids is 1. The zero-order valence-corrected chi connectivity index (χ0v) is 34.7. The third-order valence-corrected chi connectivity index (χ3v) is 10.4. The minimum absolute atomic E-state index is 0.0480. The summed E-state index contributed by atoms with van der Waals surface area (Å²) in [6.07, 6.45) is 49.4. The van der Waals surface area contributed by atoms with Crippen LogP contribution in [-0.2, 0) is 19.1 Å². The van der Waals surface area contributed by atoms with Crippen LogP contribution in [0.15, 0.2) is 12.2 Å². The first-order valence-electron chi connectivity index (χ1n) is 22.8. The fourth-order valence-corrected chi connectivity index (χ4v) is 7.01. The van der Waals surface area contributed by atoms with Gasteiger partial charge in [0.1, 0.15) is 12.6 Å². The molecule has 0 aliphatic rings. The number of hydrogen-bond acceptors (Lipinski definition) is 4. The van der Waals surface area contributed by atoms with Crippen LogP contribution in [0.4, 0.5) is 0 Å². The van der Waals surface area contributed by atoms with E-state index in [9.17, 15) is 14.4 Å². The molecule has 0 saturated carbocycles. The number of amides is 1. The van der Waals surface area contributed by atoms with Crippen LogP contribution in [0.25, 0.3) is 0 Å². The summed E-state index contributed by atoms with van der Waals surface area (Å²) < 4.78 is 5.95. The van der Waals surface area contributed by atoms with Crippen LogP contribution in [0.3, 0.4) is 0 Å². The topological polar surface area (TPSA) is 92.7 Å². The van der Waals surface area contributed by atoms with Crippen molar-refractivity contribution in [1.29, 1.82) is 0 Å². The van der Waals surface area contributed by atoms with E-state index in [1.165, 1.54) is 161 Å². The van der Waals surface area contributed by atoms with Crippen LogP contribution in [0.2, 0.25) is 0 Å². The number of unbranched alkanes of at least 4 members (excludes halogenated alkanes) is 31. The molecule has 306 valence electrons. The van der Waals surface area contributed by atoms with E-state index < -0.39 is 5.97 Å². The maximum absolute atomic E-state index is 12.7. The summed E-state index contributed by atoms with van der Waals surface area (Å²) in [6.45, 7) is 4.23. The number of hydrogen-bond donors (Lipinski definition) is 2. The van der Waals surface area contributed by atoms with E-state index in [0.717, 1.165) is 64.2 Å².